The van der Waals surface area contributed by atoms with Gasteiger partial charge in [0.05, 0.1) is 0 Å². The molecule has 2 fully saturated rings. The smallest absolute Gasteiger partial charge is 0.332 e. The molecule has 3 rings (SSSR count). The Hall–Kier alpha value is -2.07. The Balaban J connectivity index is 1.94. The van der Waals surface area contributed by atoms with Crippen LogP contribution in [0.15, 0.2) is 9.59 Å². The van der Waals surface area contributed by atoms with E-state index in [-0.39, 0.29) is 11.6 Å². The summed E-state index contributed by atoms with van der Waals surface area (Å²) in [5.41, 5.74) is -0.936. The number of rotatable bonds is 2. The number of fused-ring (bicyclic) bond motifs is 2. The third-order valence-electron chi connectivity index (χ3n) is 5.46. The Morgan fingerprint density at radius 2 is 1.70 bits per heavy atom. The molecule has 0 amide bonds. The van der Waals surface area contributed by atoms with E-state index in [2.05, 4.69) is 17.3 Å². The molecule has 124 valence electrons. The van der Waals surface area contributed by atoms with Gasteiger partial charge in [-0.2, -0.15) is 5.26 Å². The first-order valence-corrected chi connectivity index (χ1v) is 8.12. The maximum Gasteiger partial charge on any atom is 0.332 e. The van der Waals surface area contributed by atoms with Crippen molar-refractivity contribution in [3.8, 4) is 6.07 Å². The van der Waals surface area contributed by atoms with E-state index in [1.807, 2.05) is 6.07 Å². The van der Waals surface area contributed by atoms with Gasteiger partial charge in [0, 0.05) is 32.2 Å². The van der Waals surface area contributed by atoms with Gasteiger partial charge in [-0.3, -0.25) is 13.9 Å². The first kappa shape index (κ1) is 15.8. The van der Waals surface area contributed by atoms with Crippen LogP contribution in [0.3, 0.4) is 0 Å². The summed E-state index contributed by atoms with van der Waals surface area (Å²) < 4.78 is 2.35. The molecule has 2 aliphatic heterocycles. The first-order chi connectivity index (χ1) is 10.9. The van der Waals surface area contributed by atoms with Gasteiger partial charge < -0.3 is 10.2 Å². The van der Waals surface area contributed by atoms with Crippen molar-refractivity contribution in [3.05, 3.63) is 26.4 Å². The van der Waals surface area contributed by atoms with Crippen LogP contribution in [-0.2, 0) is 14.1 Å². The molecule has 0 aliphatic carbocycles. The zero-order valence-corrected chi connectivity index (χ0v) is 13.9. The van der Waals surface area contributed by atoms with Crippen molar-refractivity contribution in [1.29, 1.82) is 5.26 Å². The molecule has 0 spiro atoms. The van der Waals surface area contributed by atoms with E-state index in [0.29, 0.717) is 17.9 Å². The molecule has 1 N–H and O–H groups in total. The van der Waals surface area contributed by atoms with E-state index in [4.69, 9.17) is 0 Å². The molecule has 2 atom stereocenters. The molecule has 23 heavy (non-hydrogen) atoms. The van der Waals surface area contributed by atoms with E-state index in [9.17, 15) is 14.9 Å². The Bertz CT molecular complexity index is 758. The number of piperidine rings is 2. The van der Waals surface area contributed by atoms with Crippen LogP contribution in [0.4, 0.5) is 5.82 Å². The second kappa shape index (κ2) is 5.85. The Labute approximate surface area is 135 Å². The van der Waals surface area contributed by atoms with E-state index in [1.54, 1.807) is 7.05 Å². The standard InChI is InChI=1S/C16H23N5O2/c1-19-11-5-4-6-12(19)8-10(7-11)18-14-13(9-17)15(22)21(3)16(23)20(14)2/h10-12,18H,4-8H2,1-3H3/t11-,12-/m0/s1. The highest BCUT2D eigenvalue weighted by atomic mass is 16.2. The average molecular weight is 317 g/mol. The molecule has 2 aliphatic rings. The van der Waals surface area contributed by atoms with Crippen LogP contribution in [0, 0.1) is 11.3 Å². The van der Waals surface area contributed by atoms with Gasteiger partial charge in [0.25, 0.3) is 5.56 Å². The lowest BCUT2D eigenvalue weighted by Crippen LogP contribution is -2.53. The molecule has 1 aromatic rings. The van der Waals surface area contributed by atoms with Crippen LogP contribution in [0.5, 0.6) is 0 Å². The summed E-state index contributed by atoms with van der Waals surface area (Å²) in [6.45, 7) is 0. The number of hydrogen-bond acceptors (Lipinski definition) is 5. The van der Waals surface area contributed by atoms with Gasteiger partial charge in [0.2, 0.25) is 0 Å². The second-order valence-electron chi connectivity index (χ2n) is 6.76. The van der Waals surface area contributed by atoms with Gasteiger partial charge in [-0.25, -0.2) is 4.79 Å². The van der Waals surface area contributed by atoms with Crippen LogP contribution in [0.2, 0.25) is 0 Å². The molecule has 3 heterocycles. The highest BCUT2D eigenvalue weighted by Gasteiger charge is 2.36. The van der Waals surface area contributed by atoms with Gasteiger partial charge in [-0.15, -0.1) is 0 Å². The van der Waals surface area contributed by atoms with Crippen molar-refractivity contribution in [2.45, 2.75) is 50.2 Å². The number of anilines is 1. The van der Waals surface area contributed by atoms with Gasteiger partial charge in [-0.05, 0) is 32.7 Å². The summed E-state index contributed by atoms with van der Waals surface area (Å²) in [4.78, 5) is 26.8. The molecule has 7 heteroatoms. The number of nitriles is 1. The molecule has 0 aromatic carbocycles. The third kappa shape index (κ3) is 2.57. The SMILES string of the molecule is CN1[C@H]2CCC[C@H]1CC(Nc1c(C#N)c(=O)n(C)c(=O)n1C)C2. The lowest BCUT2D eigenvalue weighted by Gasteiger charge is -2.47. The highest BCUT2D eigenvalue weighted by molar-refractivity contribution is 5.52. The quantitative estimate of drug-likeness (QED) is 0.853. The van der Waals surface area contributed by atoms with Crippen molar-refractivity contribution in [3.63, 3.8) is 0 Å². The van der Waals surface area contributed by atoms with Crippen LogP contribution < -0.4 is 16.6 Å². The minimum Gasteiger partial charge on any atom is -0.367 e. The van der Waals surface area contributed by atoms with Crippen molar-refractivity contribution in [2.24, 2.45) is 14.1 Å². The fourth-order valence-electron chi connectivity index (χ4n) is 4.04. The summed E-state index contributed by atoms with van der Waals surface area (Å²) in [6.07, 6.45) is 5.58. The fourth-order valence-corrected chi connectivity index (χ4v) is 4.04. The van der Waals surface area contributed by atoms with E-state index in [1.165, 1.54) is 30.9 Å². The summed E-state index contributed by atoms with van der Waals surface area (Å²) in [5, 5.41) is 12.7. The minimum atomic E-state index is -0.536. The molecule has 1 aromatic heterocycles. The molecule has 7 nitrogen and oxygen atoms in total. The largest absolute Gasteiger partial charge is 0.367 e. The molecule has 2 bridgehead atoms. The van der Waals surface area contributed by atoms with E-state index >= 15 is 0 Å². The van der Waals surface area contributed by atoms with Crippen LogP contribution >= 0.6 is 0 Å². The summed E-state index contributed by atoms with van der Waals surface area (Å²) >= 11 is 0. The van der Waals surface area contributed by atoms with Crippen LogP contribution in [-0.4, -0.2) is 39.2 Å². The van der Waals surface area contributed by atoms with Gasteiger partial charge in [0.15, 0.2) is 5.56 Å². The Kier molecular flexibility index (Phi) is 4.02. The topological polar surface area (TPSA) is 83.1 Å². The predicted molar refractivity (Wildman–Crippen MR) is 87.5 cm³/mol. The van der Waals surface area contributed by atoms with E-state index < -0.39 is 11.2 Å². The Morgan fingerprint density at radius 1 is 1.09 bits per heavy atom. The van der Waals surface area contributed by atoms with Crippen LogP contribution in [0.1, 0.15) is 37.7 Å². The Morgan fingerprint density at radius 3 is 2.26 bits per heavy atom. The number of aromatic nitrogens is 2. The fraction of sp³-hybridized carbons (Fsp3) is 0.688. The summed E-state index contributed by atoms with van der Waals surface area (Å²) in [7, 11) is 5.18. The third-order valence-corrected chi connectivity index (χ3v) is 5.46. The van der Waals surface area contributed by atoms with Crippen molar-refractivity contribution in [1.82, 2.24) is 14.0 Å². The molecule has 2 saturated heterocycles. The number of hydrogen-bond donors (Lipinski definition) is 1. The second-order valence-corrected chi connectivity index (χ2v) is 6.76. The summed E-state index contributed by atoms with van der Waals surface area (Å²) in [6, 6.07) is 3.21. The van der Waals surface area contributed by atoms with Gasteiger partial charge >= 0.3 is 5.69 Å². The van der Waals surface area contributed by atoms with Crippen molar-refractivity contribution in [2.75, 3.05) is 12.4 Å². The first-order valence-electron chi connectivity index (χ1n) is 8.12. The number of nitrogens with zero attached hydrogens (tertiary/aromatic N) is 4. The molecule has 0 radical (unpaired) electrons. The minimum absolute atomic E-state index is 0.0127. The molecule has 0 unspecified atom stereocenters. The van der Waals surface area contributed by atoms with Gasteiger partial charge in [-0.1, -0.05) is 6.42 Å². The normalized spacial score (nSPS) is 27.5. The van der Waals surface area contributed by atoms with E-state index in [0.717, 1.165) is 17.4 Å². The molecular weight excluding hydrogens is 294 g/mol. The monoisotopic (exact) mass is 317 g/mol. The zero-order valence-electron chi connectivity index (χ0n) is 13.9. The average Bonchev–Trinajstić information content (AvgIpc) is 2.52. The van der Waals surface area contributed by atoms with Crippen LogP contribution in [0.25, 0.3) is 0 Å². The molecular formula is C16H23N5O2. The lowest BCUT2D eigenvalue weighted by molar-refractivity contribution is 0.0607. The van der Waals surface area contributed by atoms with Crippen molar-refractivity contribution >= 4 is 5.82 Å². The maximum absolute atomic E-state index is 12.2. The number of nitrogens with one attached hydrogen (secondary N) is 1. The van der Waals surface area contributed by atoms with Gasteiger partial charge in [0.1, 0.15) is 11.9 Å². The van der Waals surface area contributed by atoms with Crippen molar-refractivity contribution < 1.29 is 0 Å². The maximum atomic E-state index is 12.2. The lowest BCUT2D eigenvalue weighted by atomic mass is 9.82. The predicted octanol–water partition coefficient (Wildman–Crippen LogP) is 0.383. The zero-order chi connectivity index (χ0) is 16.7. The summed E-state index contributed by atoms with van der Waals surface area (Å²) in [5.74, 6) is 0.355. The highest BCUT2D eigenvalue weighted by Crippen LogP contribution is 2.33. The molecule has 0 saturated carbocycles.